The van der Waals surface area contributed by atoms with Crippen LogP contribution in [0.15, 0.2) is 60.1 Å². The Kier molecular flexibility index (Phi) is 3.31. The van der Waals surface area contributed by atoms with Gasteiger partial charge < -0.3 is 15.6 Å². The number of quaternary nitrogens is 1. The molecule has 0 saturated carbocycles. The third-order valence-electron chi connectivity index (χ3n) is 4.17. The number of nitrogens with one attached hydrogen (secondary N) is 2. The summed E-state index contributed by atoms with van der Waals surface area (Å²) in [4.78, 5) is 0. The Morgan fingerprint density at radius 1 is 1.04 bits per heavy atom. The molecule has 0 radical (unpaired) electrons. The number of fused-ring (bicyclic) bond motifs is 3. The number of benzene rings is 2. The van der Waals surface area contributed by atoms with Crippen LogP contribution < -0.4 is 20.6 Å². The summed E-state index contributed by atoms with van der Waals surface area (Å²) in [6.45, 7) is 0.228. The molecule has 0 aromatic heterocycles. The van der Waals surface area contributed by atoms with E-state index in [9.17, 15) is 23.5 Å². The van der Waals surface area contributed by atoms with Crippen LogP contribution >= 0.6 is 0 Å². The molecule has 1 atom stereocenters. The van der Waals surface area contributed by atoms with Gasteiger partial charge in [0.2, 0.25) is 0 Å². The van der Waals surface area contributed by atoms with Gasteiger partial charge >= 0.3 is 6.18 Å². The van der Waals surface area contributed by atoms with Crippen molar-refractivity contribution in [1.82, 2.24) is 0 Å². The summed E-state index contributed by atoms with van der Waals surface area (Å²) < 4.78 is 38.1. The first-order chi connectivity index (χ1) is 11.9. The summed E-state index contributed by atoms with van der Waals surface area (Å²) >= 11 is 0. The van der Waals surface area contributed by atoms with E-state index in [1.54, 1.807) is 18.2 Å². The lowest BCUT2D eigenvalue weighted by molar-refractivity contribution is -0.854. The number of anilines is 3. The van der Waals surface area contributed by atoms with Crippen LogP contribution in [-0.4, -0.2) is 11.7 Å². The standard InChI is InChI=1S/C16H13F3N4O2/c17-16(18,19)10-5-7-11(8-6-10)21-15(24)14-9-20-12-3-1-2-4-13(12)22(14)23(21)25/h1-8,20,23-24H,9H2. The van der Waals surface area contributed by atoms with E-state index >= 15 is 0 Å². The zero-order valence-electron chi connectivity index (χ0n) is 12.7. The van der Waals surface area contributed by atoms with Crippen LogP contribution in [0.4, 0.5) is 30.2 Å². The lowest BCUT2D eigenvalue weighted by Crippen LogP contribution is -3.19. The van der Waals surface area contributed by atoms with E-state index in [4.69, 9.17) is 0 Å². The number of rotatable bonds is 1. The van der Waals surface area contributed by atoms with Crippen molar-refractivity contribution in [2.75, 3.05) is 21.9 Å². The fraction of sp³-hybridized carbons (Fsp3) is 0.125. The molecule has 0 amide bonds. The minimum Gasteiger partial charge on any atom is -0.581 e. The van der Waals surface area contributed by atoms with Gasteiger partial charge in [0.15, 0.2) is 5.70 Å². The van der Waals surface area contributed by atoms with Gasteiger partial charge in [-0.3, -0.25) is 0 Å². The third kappa shape index (κ3) is 2.36. The second kappa shape index (κ2) is 5.30. The van der Waals surface area contributed by atoms with Crippen molar-refractivity contribution in [2.24, 2.45) is 0 Å². The van der Waals surface area contributed by atoms with E-state index in [1.807, 2.05) is 6.07 Å². The number of nitrogens with zero attached hydrogens (tertiary/aromatic N) is 2. The molecule has 130 valence electrons. The van der Waals surface area contributed by atoms with Gasteiger partial charge in [-0.05, 0) is 36.4 Å². The molecule has 0 spiro atoms. The highest BCUT2D eigenvalue weighted by atomic mass is 19.4. The molecule has 3 N–H and O–H groups in total. The SMILES string of the molecule is [O-][NH+]1N(c2ccc(C(F)(F)F)cc2)C(O)=C2CNc3ccccc3N21. The minimum atomic E-state index is -4.46. The molecule has 0 saturated heterocycles. The number of halogens is 3. The number of aliphatic hydroxyl groups excluding tert-OH is 1. The summed E-state index contributed by atoms with van der Waals surface area (Å²) in [6.07, 6.45) is -4.46. The van der Waals surface area contributed by atoms with E-state index in [0.29, 0.717) is 11.4 Å². The Labute approximate surface area is 140 Å². The summed E-state index contributed by atoms with van der Waals surface area (Å²) in [5.41, 5.74) is 1.01. The first kappa shape index (κ1) is 15.6. The molecule has 0 aliphatic carbocycles. The van der Waals surface area contributed by atoms with Crippen molar-refractivity contribution in [1.29, 1.82) is 0 Å². The fourth-order valence-corrected chi connectivity index (χ4v) is 2.97. The fourth-order valence-electron chi connectivity index (χ4n) is 2.97. The Bertz CT molecular complexity index is 851. The van der Waals surface area contributed by atoms with E-state index in [1.165, 1.54) is 5.01 Å². The van der Waals surface area contributed by atoms with Gasteiger partial charge in [0.25, 0.3) is 5.88 Å². The summed E-state index contributed by atoms with van der Waals surface area (Å²) in [7, 11) is 0. The molecule has 0 bridgehead atoms. The molecule has 0 fully saturated rings. The van der Waals surface area contributed by atoms with Gasteiger partial charge in [0.05, 0.1) is 17.8 Å². The molecule has 2 aliphatic rings. The van der Waals surface area contributed by atoms with Crippen molar-refractivity contribution >= 4 is 17.1 Å². The second-order valence-electron chi connectivity index (χ2n) is 5.64. The first-order valence-corrected chi connectivity index (χ1v) is 7.44. The number of hydrogen-bond donors (Lipinski definition) is 3. The van der Waals surface area contributed by atoms with Crippen molar-refractivity contribution < 1.29 is 23.6 Å². The molecular formula is C16H13F3N4O2. The van der Waals surface area contributed by atoms with Gasteiger partial charge in [0, 0.05) is 0 Å². The summed E-state index contributed by atoms with van der Waals surface area (Å²) in [6, 6.07) is 11.2. The average molecular weight is 350 g/mol. The quantitative estimate of drug-likeness (QED) is 0.690. The summed E-state index contributed by atoms with van der Waals surface area (Å²) in [5, 5.41) is 28.2. The highest BCUT2D eigenvalue weighted by Gasteiger charge is 2.42. The average Bonchev–Trinajstić information content (AvgIpc) is 2.85. The topological polar surface area (TPSA) is 66.2 Å². The van der Waals surface area contributed by atoms with Crippen LogP contribution in [0, 0.1) is 5.21 Å². The highest BCUT2D eigenvalue weighted by Crippen LogP contribution is 2.35. The molecule has 2 aliphatic heterocycles. The van der Waals surface area contributed by atoms with Crippen molar-refractivity contribution in [2.45, 2.75) is 6.18 Å². The van der Waals surface area contributed by atoms with Crippen LogP contribution in [0.25, 0.3) is 0 Å². The van der Waals surface area contributed by atoms with Crippen LogP contribution in [0.1, 0.15) is 5.56 Å². The van der Waals surface area contributed by atoms with Gasteiger partial charge in [-0.2, -0.15) is 23.5 Å². The Morgan fingerprint density at radius 3 is 2.40 bits per heavy atom. The normalized spacial score (nSPS) is 19.6. The molecule has 2 aromatic rings. The Morgan fingerprint density at radius 2 is 1.72 bits per heavy atom. The van der Waals surface area contributed by atoms with Gasteiger partial charge in [-0.15, -0.1) is 5.01 Å². The maximum absolute atomic E-state index is 12.8. The van der Waals surface area contributed by atoms with Crippen LogP contribution in [0.5, 0.6) is 0 Å². The Hall–Kier alpha value is -2.91. The van der Waals surface area contributed by atoms with E-state index in [0.717, 1.165) is 35.0 Å². The van der Waals surface area contributed by atoms with Crippen LogP contribution in [0.2, 0.25) is 0 Å². The first-order valence-electron chi connectivity index (χ1n) is 7.44. The predicted octanol–water partition coefficient (Wildman–Crippen LogP) is 2.40. The summed E-state index contributed by atoms with van der Waals surface area (Å²) in [5.74, 6) is -0.299. The van der Waals surface area contributed by atoms with Crippen molar-refractivity contribution in [3.05, 3.63) is 70.9 Å². The predicted molar refractivity (Wildman–Crippen MR) is 85.3 cm³/mol. The van der Waals surface area contributed by atoms with Crippen molar-refractivity contribution in [3.63, 3.8) is 0 Å². The lowest BCUT2D eigenvalue weighted by atomic mass is 10.2. The zero-order chi connectivity index (χ0) is 17.8. The smallest absolute Gasteiger partial charge is 0.416 e. The number of aliphatic hydroxyl groups is 1. The molecule has 2 heterocycles. The van der Waals surface area contributed by atoms with E-state index in [-0.39, 0.29) is 18.1 Å². The molecular weight excluding hydrogens is 337 g/mol. The molecule has 4 rings (SSSR count). The molecule has 1 unspecified atom stereocenters. The monoisotopic (exact) mass is 350 g/mol. The molecule has 9 heteroatoms. The molecule has 2 aromatic carbocycles. The molecule has 6 nitrogen and oxygen atoms in total. The van der Waals surface area contributed by atoms with Gasteiger partial charge in [-0.1, -0.05) is 12.1 Å². The van der Waals surface area contributed by atoms with Gasteiger partial charge in [-0.25, -0.2) is 0 Å². The Balaban J connectivity index is 1.73. The zero-order valence-corrected chi connectivity index (χ0v) is 12.7. The second-order valence-corrected chi connectivity index (χ2v) is 5.64. The maximum atomic E-state index is 12.8. The van der Waals surface area contributed by atoms with E-state index < -0.39 is 17.0 Å². The maximum Gasteiger partial charge on any atom is 0.416 e. The molecule has 25 heavy (non-hydrogen) atoms. The number of para-hydroxylation sites is 2. The number of alkyl halides is 3. The van der Waals surface area contributed by atoms with Crippen LogP contribution in [-0.2, 0) is 6.18 Å². The van der Waals surface area contributed by atoms with E-state index in [2.05, 4.69) is 5.32 Å². The van der Waals surface area contributed by atoms with Gasteiger partial charge in [0.1, 0.15) is 11.4 Å². The third-order valence-corrected chi connectivity index (χ3v) is 4.17. The largest absolute Gasteiger partial charge is 0.581 e. The number of hydrogen-bond acceptors (Lipinski definition) is 5. The minimum absolute atomic E-state index is 0.162. The van der Waals surface area contributed by atoms with Crippen molar-refractivity contribution in [3.8, 4) is 0 Å². The lowest BCUT2D eigenvalue weighted by Gasteiger charge is -2.36. The van der Waals surface area contributed by atoms with Crippen LogP contribution in [0.3, 0.4) is 0 Å². The highest BCUT2D eigenvalue weighted by molar-refractivity contribution is 5.75.